The minimum Gasteiger partial charge on any atom is -0.360 e. The van der Waals surface area contributed by atoms with Crippen LogP contribution in [0, 0.1) is 5.82 Å². The van der Waals surface area contributed by atoms with E-state index < -0.39 is 10.0 Å². The van der Waals surface area contributed by atoms with Crippen molar-refractivity contribution in [1.29, 1.82) is 0 Å². The predicted octanol–water partition coefficient (Wildman–Crippen LogP) is 3.58. The molecular formula is C14H20ClFN2OS. The van der Waals surface area contributed by atoms with E-state index in [1.54, 1.807) is 6.07 Å². The number of halogens is 2. The summed E-state index contributed by atoms with van der Waals surface area (Å²) < 4.78 is 21.2. The zero-order chi connectivity index (χ0) is 14.8. The van der Waals surface area contributed by atoms with Gasteiger partial charge in [-0.15, -0.1) is 11.6 Å². The lowest BCUT2D eigenvalue weighted by Gasteiger charge is -2.24. The summed E-state index contributed by atoms with van der Waals surface area (Å²) in [7, 11) is -0.566. The van der Waals surface area contributed by atoms with Gasteiger partial charge in [0.05, 0.1) is 18.0 Å². The molecule has 2 aromatic rings. The summed E-state index contributed by atoms with van der Waals surface area (Å²) in [5.41, 5.74) is 1.08. The van der Waals surface area contributed by atoms with Crippen molar-refractivity contribution in [2.45, 2.75) is 12.6 Å². The number of nitrogens with zero attached hydrogens (tertiary/aromatic N) is 2. The molecule has 0 radical (unpaired) electrons. The Morgan fingerprint density at radius 2 is 2.10 bits per heavy atom. The molecule has 0 saturated carbocycles. The van der Waals surface area contributed by atoms with Gasteiger partial charge in [-0.05, 0) is 30.9 Å². The van der Waals surface area contributed by atoms with Gasteiger partial charge in [0.1, 0.15) is 18.1 Å². The lowest BCUT2D eigenvalue weighted by molar-refractivity contribution is 0.0908. The highest BCUT2D eigenvalue weighted by atomic mass is 35.5. The molecule has 0 spiro atoms. The van der Waals surface area contributed by atoms with E-state index in [1.165, 1.54) is 6.07 Å². The van der Waals surface area contributed by atoms with E-state index in [4.69, 9.17) is 16.3 Å². The Labute approximate surface area is 125 Å². The minimum atomic E-state index is -0.566. The Kier molecular flexibility index (Phi) is 4.94. The molecule has 0 fully saturated rings. The molecule has 1 aromatic carbocycles. The van der Waals surface area contributed by atoms with Crippen LogP contribution in [0.1, 0.15) is 5.82 Å². The van der Waals surface area contributed by atoms with Crippen LogP contribution in [0.2, 0.25) is 0 Å². The highest BCUT2D eigenvalue weighted by molar-refractivity contribution is 8.32. The van der Waals surface area contributed by atoms with Crippen LogP contribution in [0.4, 0.5) is 4.39 Å². The van der Waals surface area contributed by atoms with E-state index in [1.807, 2.05) is 10.6 Å². The van der Waals surface area contributed by atoms with Crippen LogP contribution in [-0.2, 0) is 17.3 Å². The summed E-state index contributed by atoms with van der Waals surface area (Å²) in [4.78, 5) is 4.24. The smallest absolute Gasteiger partial charge is 0.151 e. The summed E-state index contributed by atoms with van der Waals surface area (Å²) in [6.45, 7) is 1.05. The molecule has 3 nitrogen and oxygen atoms in total. The number of hydrogen-bond donors (Lipinski definition) is 0. The van der Waals surface area contributed by atoms with Gasteiger partial charge in [-0.25, -0.2) is 19.4 Å². The summed E-state index contributed by atoms with van der Waals surface area (Å²) in [6.07, 6.45) is 6.76. The lowest BCUT2D eigenvalue weighted by Crippen LogP contribution is -2.11. The summed E-state index contributed by atoms with van der Waals surface area (Å²) in [5, 5.41) is 0. The minimum absolute atomic E-state index is 0.238. The number of hydrogen-bond acceptors (Lipinski definition) is 2. The van der Waals surface area contributed by atoms with Crippen LogP contribution < -0.4 is 0 Å². The standard InChI is InChI=1S/C14H20ClFN2OS/c1-20(2,3)8-7-19-10-18-12-6-4-5-11(16)14(12)17-13(18)9-15/h4-6H,7-10H2,1-3H3. The van der Waals surface area contributed by atoms with E-state index in [-0.39, 0.29) is 11.7 Å². The fraction of sp³-hybridized carbons (Fsp3) is 0.500. The molecule has 0 amide bonds. The van der Waals surface area contributed by atoms with Crippen molar-refractivity contribution in [3.05, 3.63) is 29.8 Å². The van der Waals surface area contributed by atoms with Crippen molar-refractivity contribution >= 4 is 32.7 Å². The van der Waals surface area contributed by atoms with Gasteiger partial charge >= 0.3 is 0 Å². The van der Waals surface area contributed by atoms with E-state index in [9.17, 15) is 4.39 Å². The molecule has 0 N–H and O–H groups in total. The molecule has 112 valence electrons. The number of benzene rings is 1. The van der Waals surface area contributed by atoms with E-state index in [2.05, 4.69) is 23.8 Å². The SMILES string of the molecule is CS(C)(C)CCOCn1c(CCl)nc2c(F)cccc21. The van der Waals surface area contributed by atoms with Crippen LogP contribution in [0.5, 0.6) is 0 Å². The fourth-order valence-corrected chi connectivity index (χ4v) is 2.69. The van der Waals surface area contributed by atoms with Crippen LogP contribution in [0.15, 0.2) is 18.2 Å². The maximum absolute atomic E-state index is 13.7. The molecule has 0 bridgehead atoms. The van der Waals surface area contributed by atoms with Gasteiger partial charge in [0.15, 0.2) is 5.82 Å². The lowest BCUT2D eigenvalue weighted by atomic mass is 10.3. The van der Waals surface area contributed by atoms with E-state index in [0.717, 1.165) is 11.3 Å². The molecule has 0 aliphatic carbocycles. The molecule has 1 aromatic heterocycles. The quantitative estimate of drug-likeness (QED) is 0.601. The molecule has 0 unspecified atom stereocenters. The van der Waals surface area contributed by atoms with Crippen molar-refractivity contribution in [2.24, 2.45) is 0 Å². The van der Waals surface area contributed by atoms with Gasteiger partial charge in [-0.3, -0.25) is 0 Å². The third-order valence-corrected chi connectivity index (χ3v) is 4.62. The number of aromatic nitrogens is 2. The van der Waals surface area contributed by atoms with Gasteiger partial charge in [-0.1, -0.05) is 6.07 Å². The van der Waals surface area contributed by atoms with Crippen molar-refractivity contribution in [3.8, 4) is 0 Å². The predicted molar refractivity (Wildman–Crippen MR) is 85.4 cm³/mol. The van der Waals surface area contributed by atoms with Gasteiger partial charge < -0.3 is 9.30 Å². The molecule has 0 aliphatic heterocycles. The maximum atomic E-state index is 13.7. The third-order valence-electron chi connectivity index (χ3n) is 2.99. The molecular weight excluding hydrogens is 299 g/mol. The Morgan fingerprint density at radius 1 is 1.35 bits per heavy atom. The summed E-state index contributed by atoms with van der Waals surface area (Å²) >= 11 is 5.88. The average Bonchev–Trinajstić information content (AvgIpc) is 2.73. The van der Waals surface area contributed by atoms with E-state index in [0.29, 0.717) is 24.7 Å². The molecule has 1 heterocycles. The van der Waals surface area contributed by atoms with Crippen molar-refractivity contribution < 1.29 is 9.13 Å². The van der Waals surface area contributed by atoms with Gasteiger partial charge in [-0.2, -0.15) is 0 Å². The number of ether oxygens (including phenoxy) is 1. The number of rotatable bonds is 6. The highest BCUT2D eigenvalue weighted by Gasteiger charge is 2.13. The topological polar surface area (TPSA) is 27.1 Å². The number of imidazole rings is 1. The Hall–Kier alpha value is -0.780. The number of para-hydroxylation sites is 1. The molecule has 20 heavy (non-hydrogen) atoms. The Morgan fingerprint density at radius 3 is 2.75 bits per heavy atom. The number of fused-ring (bicyclic) bond motifs is 1. The van der Waals surface area contributed by atoms with E-state index >= 15 is 0 Å². The molecule has 6 heteroatoms. The zero-order valence-electron chi connectivity index (χ0n) is 12.0. The Bertz CT molecular complexity index is 595. The van der Waals surface area contributed by atoms with Crippen LogP contribution in [0.3, 0.4) is 0 Å². The largest absolute Gasteiger partial charge is 0.360 e. The second-order valence-electron chi connectivity index (χ2n) is 5.53. The van der Waals surface area contributed by atoms with Crippen molar-refractivity contribution in [3.63, 3.8) is 0 Å². The first-order valence-electron chi connectivity index (χ1n) is 6.36. The summed E-state index contributed by atoms with van der Waals surface area (Å²) in [5.74, 6) is 1.59. The number of alkyl halides is 1. The second-order valence-corrected chi connectivity index (χ2v) is 10.4. The first-order valence-corrected chi connectivity index (χ1v) is 9.92. The van der Waals surface area contributed by atoms with Gasteiger partial charge in [0.2, 0.25) is 0 Å². The average molecular weight is 319 g/mol. The van der Waals surface area contributed by atoms with Crippen LogP contribution >= 0.6 is 21.6 Å². The molecule has 0 aliphatic rings. The van der Waals surface area contributed by atoms with Gasteiger partial charge in [0.25, 0.3) is 0 Å². The first kappa shape index (κ1) is 15.6. The second kappa shape index (κ2) is 6.33. The van der Waals surface area contributed by atoms with Crippen LogP contribution in [0.25, 0.3) is 11.0 Å². The summed E-state index contributed by atoms with van der Waals surface area (Å²) in [6, 6.07) is 4.91. The molecule has 2 rings (SSSR count). The monoisotopic (exact) mass is 318 g/mol. The third kappa shape index (κ3) is 3.65. The Balaban J connectivity index is 2.14. The highest BCUT2D eigenvalue weighted by Crippen LogP contribution is 2.33. The first-order chi connectivity index (χ1) is 9.42. The molecule has 0 saturated heterocycles. The van der Waals surface area contributed by atoms with Gasteiger partial charge in [0, 0.05) is 5.75 Å². The normalized spacial score (nSPS) is 13.1. The fourth-order valence-electron chi connectivity index (χ4n) is 1.87. The zero-order valence-corrected chi connectivity index (χ0v) is 13.6. The van der Waals surface area contributed by atoms with Crippen LogP contribution in [-0.4, -0.2) is 40.7 Å². The maximum Gasteiger partial charge on any atom is 0.151 e. The van der Waals surface area contributed by atoms with Crippen molar-refractivity contribution in [1.82, 2.24) is 9.55 Å². The van der Waals surface area contributed by atoms with Crippen molar-refractivity contribution in [2.75, 3.05) is 31.1 Å². The molecule has 0 atom stereocenters.